The van der Waals surface area contributed by atoms with Crippen molar-refractivity contribution in [2.75, 3.05) is 11.1 Å². The number of amides is 1. The molecule has 0 saturated carbocycles. The van der Waals surface area contributed by atoms with E-state index in [1.807, 2.05) is 0 Å². The Bertz CT molecular complexity index is 1460. The topological polar surface area (TPSA) is 107 Å². The maximum Gasteiger partial charge on any atom is 0.271 e. The van der Waals surface area contributed by atoms with E-state index in [9.17, 15) is 28.5 Å². The first kappa shape index (κ1) is 22.1. The van der Waals surface area contributed by atoms with Crippen molar-refractivity contribution in [2.24, 2.45) is 0 Å². The summed E-state index contributed by atoms with van der Waals surface area (Å²) >= 11 is 0.867. The third-order valence-corrected chi connectivity index (χ3v) is 5.51. The summed E-state index contributed by atoms with van der Waals surface area (Å²) in [5, 5.41) is 13.7. The van der Waals surface area contributed by atoms with Gasteiger partial charge in [-0.2, -0.15) is 0 Å². The summed E-state index contributed by atoms with van der Waals surface area (Å²) in [7, 11) is 0. The van der Waals surface area contributed by atoms with Crippen LogP contribution in [0.3, 0.4) is 0 Å². The minimum atomic E-state index is -0.961. The van der Waals surface area contributed by atoms with Crippen LogP contribution >= 0.6 is 11.8 Å². The molecule has 11 heteroatoms. The Balaban J connectivity index is 1.67. The lowest BCUT2D eigenvalue weighted by atomic mass is 10.2. The smallest absolute Gasteiger partial charge is 0.271 e. The Kier molecular flexibility index (Phi) is 6.13. The zero-order valence-corrected chi connectivity index (χ0v) is 17.5. The third kappa shape index (κ3) is 4.72. The van der Waals surface area contributed by atoms with Crippen LogP contribution in [-0.2, 0) is 4.79 Å². The highest BCUT2D eigenvalue weighted by Crippen LogP contribution is 2.24. The number of non-ortho nitro benzene ring substituents is 1. The van der Waals surface area contributed by atoms with Crippen molar-refractivity contribution in [3.05, 3.63) is 98.8 Å². The molecule has 0 aliphatic heterocycles. The predicted molar refractivity (Wildman–Crippen MR) is 120 cm³/mol. The number of hydrogen-bond acceptors (Lipinski definition) is 6. The van der Waals surface area contributed by atoms with Crippen LogP contribution in [0.5, 0.6) is 0 Å². The van der Waals surface area contributed by atoms with Gasteiger partial charge in [0.15, 0.2) is 5.16 Å². The predicted octanol–water partition coefficient (Wildman–Crippen LogP) is 4.30. The van der Waals surface area contributed by atoms with E-state index in [0.29, 0.717) is 11.6 Å². The monoisotopic (exact) mass is 468 g/mol. The number of thioether (sulfide) groups is 1. The fraction of sp³-hybridized carbons (Fsp3) is 0.0455. The zero-order valence-electron chi connectivity index (χ0n) is 16.7. The molecule has 1 heterocycles. The van der Waals surface area contributed by atoms with Crippen LogP contribution in [0.4, 0.5) is 20.2 Å². The fourth-order valence-corrected chi connectivity index (χ4v) is 3.91. The number of nitro benzene ring substituents is 1. The van der Waals surface area contributed by atoms with Crippen LogP contribution < -0.4 is 10.9 Å². The van der Waals surface area contributed by atoms with E-state index in [1.165, 1.54) is 30.3 Å². The van der Waals surface area contributed by atoms with E-state index in [4.69, 9.17) is 0 Å². The minimum Gasteiger partial charge on any atom is -0.325 e. The molecular formula is C22H14F2N4O4S. The van der Waals surface area contributed by atoms with Gasteiger partial charge in [-0.3, -0.25) is 24.3 Å². The molecule has 0 aliphatic rings. The van der Waals surface area contributed by atoms with Crippen molar-refractivity contribution in [2.45, 2.75) is 5.16 Å². The summed E-state index contributed by atoms with van der Waals surface area (Å²) in [4.78, 5) is 40.3. The largest absolute Gasteiger partial charge is 0.325 e. The second-order valence-corrected chi connectivity index (χ2v) is 7.73. The zero-order chi connectivity index (χ0) is 23.5. The molecule has 0 aliphatic carbocycles. The number of carbonyl (C=O) groups excluding carboxylic acids is 1. The van der Waals surface area contributed by atoms with Crippen LogP contribution in [0.25, 0.3) is 16.6 Å². The van der Waals surface area contributed by atoms with Gasteiger partial charge in [-0.25, -0.2) is 13.8 Å². The lowest BCUT2D eigenvalue weighted by Gasteiger charge is -2.14. The standard InChI is InChI=1S/C22H14F2N4O4S/c23-13-8-9-19(17(24)10-13)27-21(30)16-6-1-2-7-18(16)26-22(27)33-12-20(29)25-14-4-3-5-15(11-14)28(31)32/h1-11H,12H2,(H,25,29). The number of halogens is 2. The van der Waals surface area contributed by atoms with Crippen LogP contribution in [0.15, 0.2) is 76.7 Å². The minimum absolute atomic E-state index is 0.0263. The van der Waals surface area contributed by atoms with E-state index in [0.717, 1.165) is 28.5 Å². The summed E-state index contributed by atoms with van der Waals surface area (Å²) in [6.45, 7) is 0. The van der Waals surface area contributed by atoms with Crippen molar-refractivity contribution in [1.29, 1.82) is 0 Å². The summed E-state index contributed by atoms with van der Waals surface area (Å²) in [6, 6.07) is 14.7. The number of fused-ring (bicyclic) bond motifs is 1. The third-order valence-electron chi connectivity index (χ3n) is 4.57. The first-order chi connectivity index (χ1) is 15.8. The van der Waals surface area contributed by atoms with E-state index >= 15 is 0 Å². The van der Waals surface area contributed by atoms with Crippen LogP contribution in [-0.4, -0.2) is 26.1 Å². The second-order valence-electron chi connectivity index (χ2n) is 6.79. The molecule has 0 fully saturated rings. The maximum absolute atomic E-state index is 14.5. The summed E-state index contributed by atoms with van der Waals surface area (Å²) < 4.78 is 28.9. The van der Waals surface area contributed by atoms with Gasteiger partial charge in [-0.15, -0.1) is 0 Å². The number of aromatic nitrogens is 2. The van der Waals surface area contributed by atoms with Gasteiger partial charge < -0.3 is 5.32 Å². The van der Waals surface area contributed by atoms with Crippen LogP contribution in [0.1, 0.15) is 0 Å². The first-order valence-corrected chi connectivity index (χ1v) is 10.5. The molecule has 1 amide bonds. The van der Waals surface area contributed by atoms with Crippen LogP contribution in [0.2, 0.25) is 0 Å². The van der Waals surface area contributed by atoms with E-state index in [-0.39, 0.29) is 33.4 Å². The number of nitro groups is 1. The number of carbonyl (C=O) groups is 1. The van der Waals surface area contributed by atoms with Gasteiger partial charge in [0.25, 0.3) is 11.2 Å². The average molecular weight is 468 g/mol. The normalized spacial score (nSPS) is 10.8. The summed E-state index contributed by atoms with van der Waals surface area (Å²) in [5.41, 5.74) is -0.391. The number of benzene rings is 3. The lowest BCUT2D eigenvalue weighted by molar-refractivity contribution is -0.384. The van der Waals surface area contributed by atoms with Gasteiger partial charge in [0, 0.05) is 23.9 Å². The van der Waals surface area contributed by atoms with Gasteiger partial charge in [0.2, 0.25) is 5.91 Å². The number of nitrogens with one attached hydrogen (secondary N) is 1. The van der Waals surface area contributed by atoms with E-state index in [2.05, 4.69) is 10.3 Å². The molecule has 166 valence electrons. The Hall–Kier alpha value is -4.12. The molecular weight excluding hydrogens is 454 g/mol. The van der Waals surface area contributed by atoms with Crippen molar-refractivity contribution in [3.63, 3.8) is 0 Å². The van der Waals surface area contributed by atoms with Gasteiger partial charge >= 0.3 is 0 Å². The van der Waals surface area contributed by atoms with Gasteiger partial charge in [0.05, 0.1) is 27.3 Å². The number of para-hydroxylation sites is 1. The Morgan fingerprint density at radius 2 is 1.88 bits per heavy atom. The van der Waals surface area contributed by atoms with Gasteiger partial charge in [-0.1, -0.05) is 30.0 Å². The van der Waals surface area contributed by atoms with Gasteiger partial charge in [-0.05, 0) is 30.3 Å². The first-order valence-electron chi connectivity index (χ1n) is 9.48. The highest BCUT2D eigenvalue weighted by Gasteiger charge is 2.18. The molecule has 0 spiro atoms. The molecule has 0 unspecified atom stereocenters. The van der Waals surface area contributed by atoms with Crippen molar-refractivity contribution < 1.29 is 18.5 Å². The molecule has 8 nitrogen and oxygen atoms in total. The summed E-state index contributed by atoms with van der Waals surface area (Å²) in [5.74, 6) is -2.51. The highest BCUT2D eigenvalue weighted by atomic mass is 32.2. The SMILES string of the molecule is O=C(CSc1nc2ccccc2c(=O)n1-c1ccc(F)cc1F)Nc1cccc([N+](=O)[O-])c1. The number of hydrogen-bond donors (Lipinski definition) is 1. The molecule has 4 rings (SSSR count). The molecule has 33 heavy (non-hydrogen) atoms. The molecule has 0 bridgehead atoms. The maximum atomic E-state index is 14.5. The molecule has 1 N–H and O–H groups in total. The lowest BCUT2D eigenvalue weighted by Crippen LogP contribution is -2.23. The molecule has 0 atom stereocenters. The quantitative estimate of drug-likeness (QED) is 0.196. The van der Waals surface area contributed by atoms with Crippen molar-refractivity contribution in [1.82, 2.24) is 9.55 Å². The molecule has 3 aromatic carbocycles. The number of nitrogens with zero attached hydrogens (tertiary/aromatic N) is 3. The average Bonchev–Trinajstić information content (AvgIpc) is 2.79. The Morgan fingerprint density at radius 3 is 2.64 bits per heavy atom. The van der Waals surface area contributed by atoms with E-state index < -0.39 is 28.0 Å². The van der Waals surface area contributed by atoms with Crippen molar-refractivity contribution in [3.8, 4) is 5.69 Å². The van der Waals surface area contributed by atoms with Crippen LogP contribution in [0, 0.1) is 21.7 Å². The Morgan fingerprint density at radius 1 is 1.09 bits per heavy atom. The molecule has 4 aromatic rings. The fourth-order valence-electron chi connectivity index (χ4n) is 3.11. The number of rotatable bonds is 6. The number of anilines is 1. The van der Waals surface area contributed by atoms with E-state index in [1.54, 1.807) is 18.2 Å². The summed E-state index contributed by atoms with van der Waals surface area (Å²) in [6.07, 6.45) is 0. The van der Waals surface area contributed by atoms with Gasteiger partial charge in [0.1, 0.15) is 11.6 Å². The highest BCUT2D eigenvalue weighted by molar-refractivity contribution is 7.99. The second kappa shape index (κ2) is 9.17. The van der Waals surface area contributed by atoms with Crippen molar-refractivity contribution >= 4 is 39.9 Å². The molecule has 1 aromatic heterocycles. The Labute approximate surface area is 189 Å². The molecule has 0 saturated heterocycles. The molecule has 0 radical (unpaired) electrons.